The molecule has 122 valence electrons. The van der Waals surface area contributed by atoms with Gasteiger partial charge >= 0.3 is 0 Å². The number of fused-ring (bicyclic) bond motifs is 1. The smallest absolute Gasteiger partial charge is 0.139 e. The van der Waals surface area contributed by atoms with Crippen molar-refractivity contribution in [1.29, 1.82) is 5.41 Å². The van der Waals surface area contributed by atoms with Crippen LogP contribution in [0.1, 0.15) is 11.1 Å². The Bertz CT molecular complexity index is 979. The highest BCUT2D eigenvalue weighted by molar-refractivity contribution is 9.10. The standard InChI is InChI=1S/C17H14BrN3O3/c18-12-4-8(5-15(22)23)3-11(16(12)24)14-7-10-6-9(17(19)20)1-2-13(10)21-14/h1-4,6-7,21,24H,5H2,(H3,19,20)(H,22,23)/p-1. The number of aromatic nitrogens is 1. The van der Waals surface area contributed by atoms with E-state index in [1.807, 2.05) is 6.07 Å². The number of nitrogens with two attached hydrogens (primary N) is 1. The van der Waals surface area contributed by atoms with Crippen molar-refractivity contribution in [2.24, 2.45) is 5.73 Å². The summed E-state index contributed by atoms with van der Waals surface area (Å²) >= 11 is 3.24. The van der Waals surface area contributed by atoms with Gasteiger partial charge in [0, 0.05) is 34.4 Å². The average molecular weight is 387 g/mol. The number of H-pyrrole nitrogens is 1. The minimum Gasteiger partial charge on any atom is -0.550 e. The molecule has 3 aromatic rings. The summed E-state index contributed by atoms with van der Waals surface area (Å²) in [4.78, 5) is 14.0. The number of aromatic amines is 1. The molecule has 0 aliphatic rings. The number of halogens is 1. The Balaban J connectivity index is 2.14. The van der Waals surface area contributed by atoms with Crippen LogP contribution in [0, 0.1) is 5.41 Å². The molecular formula is C17H13BrN3O3-. The fourth-order valence-corrected chi connectivity index (χ4v) is 3.08. The van der Waals surface area contributed by atoms with Gasteiger partial charge < -0.3 is 25.7 Å². The number of hydrogen-bond donors (Lipinski definition) is 4. The molecule has 0 saturated carbocycles. The first-order valence-electron chi connectivity index (χ1n) is 7.04. The number of rotatable bonds is 4. The van der Waals surface area contributed by atoms with Crippen LogP contribution in [-0.4, -0.2) is 21.9 Å². The molecule has 5 N–H and O–H groups in total. The number of phenolic OH excluding ortho intramolecular Hbond substituents is 1. The van der Waals surface area contributed by atoms with E-state index in [1.54, 1.807) is 30.3 Å². The third-order valence-corrected chi connectivity index (χ3v) is 4.30. The number of benzene rings is 2. The highest BCUT2D eigenvalue weighted by Crippen LogP contribution is 2.37. The summed E-state index contributed by atoms with van der Waals surface area (Å²) < 4.78 is 0.402. The van der Waals surface area contributed by atoms with Crippen molar-refractivity contribution in [1.82, 2.24) is 4.98 Å². The molecule has 0 radical (unpaired) electrons. The summed E-state index contributed by atoms with van der Waals surface area (Å²) in [6, 6.07) is 10.3. The lowest BCUT2D eigenvalue weighted by Gasteiger charge is -2.09. The predicted molar refractivity (Wildman–Crippen MR) is 92.8 cm³/mol. The third-order valence-electron chi connectivity index (χ3n) is 3.69. The minimum absolute atomic E-state index is 0.00967. The fourth-order valence-electron chi connectivity index (χ4n) is 2.57. The second-order valence-corrected chi connectivity index (χ2v) is 6.28. The summed E-state index contributed by atoms with van der Waals surface area (Å²) in [5.41, 5.74) is 8.53. The van der Waals surface area contributed by atoms with Gasteiger partial charge in [0.05, 0.1) is 10.2 Å². The van der Waals surface area contributed by atoms with Crippen molar-refractivity contribution in [3.05, 3.63) is 52.0 Å². The Morgan fingerprint density at radius 1 is 1.29 bits per heavy atom. The van der Waals surface area contributed by atoms with Crippen LogP contribution < -0.4 is 10.8 Å². The van der Waals surface area contributed by atoms with E-state index in [0.29, 0.717) is 26.9 Å². The van der Waals surface area contributed by atoms with E-state index < -0.39 is 5.97 Å². The maximum atomic E-state index is 10.8. The van der Waals surface area contributed by atoms with Crippen molar-refractivity contribution in [3.63, 3.8) is 0 Å². The zero-order chi connectivity index (χ0) is 17.4. The van der Waals surface area contributed by atoms with Gasteiger partial charge in [-0.3, -0.25) is 5.41 Å². The lowest BCUT2D eigenvalue weighted by atomic mass is 10.0. The quantitative estimate of drug-likeness (QED) is 0.403. The van der Waals surface area contributed by atoms with Gasteiger partial charge in [-0.25, -0.2) is 0 Å². The molecule has 6 nitrogen and oxygen atoms in total. The van der Waals surface area contributed by atoms with E-state index in [2.05, 4.69) is 20.9 Å². The number of amidine groups is 1. The van der Waals surface area contributed by atoms with Crippen molar-refractivity contribution >= 4 is 38.6 Å². The second kappa shape index (κ2) is 6.01. The van der Waals surface area contributed by atoms with Crippen LogP contribution in [-0.2, 0) is 11.2 Å². The number of carbonyl (C=O) groups excluding carboxylic acids is 1. The molecule has 0 spiro atoms. The molecule has 24 heavy (non-hydrogen) atoms. The van der Waals surface area contributed by atoms with Crippen molar-refractivity contribution in [3.8, 4) is 17.0 Å². The first-order chi connectivity index (χ1) is 11.3. The van der Waals surface area contributed by atoms with E-state index >= 15 is 0 Å². The van der Waals surface area contributed by atoms with Gasteiger partial charge in [-0.2, -0.15) is 0 Å². The highest BCUT2D eigenvalue weighted by atomic mass is 79.9. The Hall–Kier alpha value is -2.80. The average Bonchev–Trinajstić information content (AvgIpc) is 2.92. The highest BCUT2D eigenvalue weighted by Gasteiger charge is 2.13. The topological polar surface area (TPSA) is 126 Å². The number of nitrogens with one attached hydrogen (secondary N) is 2. The molecule has 0 unspecified atom stereocenters. The van der Waals surface area contributed by atoms with Crippen LogP contribution in [0.3, 0.4) is 0 Å². The van der Waals surface area contributed by atoms with Crippen molar-refractivity contribution < 1.29 is 15.0 Å². The lowest BCUT2D eigenvalue weighted by molar-refractivity contribution is -0.304. The fraction of sp³-hybridized carbons (Fsp3) is 0.0588. The summed E-state index contributed by atoms with van der Waals surface area (Å²) in [5.74, 6) is -1.21. The number of carboxylic acid groups (broad SMARTS) is 1. The van der Waals surface area contributed by atoms with E-state index in [0.717, 1.165) is 10.9 Å². The predicted octanol–water partition coefficient (Wildman–Crippen LogP) is 1.88. The Kier molecular flexibility index (Phi) is 4.02. The molecule has 2 aromatic carbocycles. The summed E-state index contributed by atoms with van der Waals surface area (Å²) in [5, 5.41) is 29.4. The van der Waals surface area contributed by atoms with Crippen molar-refractivity contribution in [2.75, 3.05) is 0 Å². The molecular weight excluding hydrogens is 374 g/mol. The maximum absolute atomic E-state index is 10.8. The Labute approximate surface area is 145 Å². The lowest BCUT2D eigenvalue weighted by Crippen LogP contribution is -2.24. The van der Waals surface area contributed by atoms with Crippen LogP contribution in [0.2, 0.25) is 0 Å². The molecule has 1 aromatic heterocycles. The van der Waals surface area contributed by atoms with Crippen LogP contribution in [0.15, 0.2) is 40.9 Å². The van der Waals surface area contributed by atoms with Crippen molar-refractivity contribution in [2.45, 2.75) is 6.42 Å². The first-order valence-corrected chi connectivity index (χ1v) is 7.83. The van der Waals surface area contributed by atoms with Gasteiger partial charge in [-0.15, -0.1) is 0 Å². The summed E-state index contributed by atoms with van der Waals surface area (Å²) in [6.07, 6.45) is -0.249. The van der Waals surface area contributed by atoms with Gasteiger partial charge in [0.1, 0.15) is 11.6 Å². The van der Waals surface area contributed by atoms with Gasteiger partial charge in [0.15, 0.2) is 0 Å². The van der Waals surface area contributed by atoms with E-state index in [-0.39, 0.29) is 18.0 Å². The number of carboxylic acids is 1. The molecule has 0 amide bonds. The van der Waals surface area contributed by atoms with E-state index in [4.69, 9.17) is 11.1 Å². The Morgan fingerprint density at radius 2 is 2.04 bits per heavy atom. The second-order valence-electron chi connectivity index (χ2n) is 5.42. The van der Waals surface area contributed by atoms with Crippen LogP contribution in [0.4, 0.5) is 0 Å². The van der Waals surface area contributed by atoms with E-state index in [9.17, 15) is 15.0 Å². The normalized spacial score (nSPS) is 10.9. The van der Waals surface area contributed by atoms with Gasteiger partial charge in [0.2, 0.25) is 0 Å². The summed E-state index contributed by atoms with van der Waals surface area (Å²) in [7, 11) is 0. The van der Waals surface area contributed by atoms with Crippen LogP contribution in [0.25, 0.3) is 22.2 Å². The molecule has 0 saturated heterocycles. The largest absolute Gasteiger partial charge is 0.550 e. The SMILES string of the molecule is N=C(N)c1ccc2[nH]c(-c3cc(CC(=O)[O-])cc(Br)c3O)cc2c1. The van der Waals surface area contributed by atoms with Gasteiger partial charge in [-0.05, 0) is 57.9 Å². The summed E-state index contributed by atoms with van der Waals surface area (Å²) in [6.45, 7) is 0. The molecule has 3 rings (SSSR count). The molecule has 7 heteroatoms. The first kappa shape index (κ1) is 16.1. The third kappa shape index (κ3) is 2.98. The maximum Gasteiger partial charge on any atom is 0.139 e. The Morgan fingerprint density at radius 3 is 2.71 bits per heavy atom. The number of aliphatic carboxylic acids is 1. The number of aromatic hydroxyl groups is 1. The number of carbonyl (C=O) groups is 1. The van der Waals surface area contributed by atoms with Crippen LogP contribution >= 0.6 is 15.9 Å². The molecule has 0 bridgehead atoms. The number of nitrogen functional groups attached to an aromatic ring is 1. The molecule has 0 aliphatic carbocycles. The number of phenols is 1. The zero-order valence-electron chi connectivity index (χ0n) is 12.4. The molecule has 0 atom stereocenters. The number of hydrogen-bond acceptors (Lipinski definition) is 4. The zero-order valence-corrected chi connectivity index (χ0v) is 14.0. The van der Waals surface area contributed by atoms with Crippen LogP contribution in [0.5, 0.6) is 5.75 Å². The van der Waals surface area contributed by atoms with Gasteiger partial charge in [-0.1, -0.05) is 0 Å². The van der Waals surface area contributed by atoms with Gasteiger partial charge in [0.25, 0.3) is 0 Å². The molecule has 0 fully saturated rings. The monoisotopic (exact) mass is 386 g/mol. The molecule has 1 heterocycles. The minimum atomic E-state index is -1.19. The molecule has 0 aliphatic heterocycles. The van der Waals surface area contributed by atoms with E-state index in [1.165, 1.54) is 0 Å².